The van der Waals surface area contributed by atoms with Crippen molar-refractivity contribution >= 4 is 17.6 Å². The van der Waals surface area contributed by atoms with Gasteiger partial charge in [0, 0.05) is 29.1 Å². The van der Waals surface area contributed by atoms with E-state index >= 15 is 0 Å². The van der Waals surface area contributed by atoms with Gasteiger partial charge in [-0.2, -0.15) is 13.2 Å². The van der Waals surface area contributed by atoms with E-state index in [1.54, 1.807) is 12.1 Å². The molecule has 1 amide bonds. The fourth-order valence-corrected chi connectivity index (χ4v) is 3.90. The topological polar surface area (TPSA) is 88.5 Å². The molecule has 0 atom stereocenters. The summed E-state index contributed by atoms with van der Waals surface area (Å²) in [7, 11) is 0. The lowest BCUT2D eigenvalue weighted by Crippen LogP contribution is -2.29. The van der Waals surface area contributed by atoms with Crippen LogP contribution in [0.4, 0.5) is 23.2 Å². The number of hydrogen-bond acceptors (Lipinski definition) is 4. The molecule has 1 saturated carbocycles. The van der Waals surface area contributed by atoms with Crippen molar-refractivity contribution in [1.29, 1.82) is 0 Å². The number of alkyl halides is 3. The summed E-state index contributed by atoms with van der Waals surface area (Å²) in [5.41, 5.74) is -1.63. The zero-order valence-corrected chi connectivity index (χ0v) is 18.4. The molecule has 10 heteroatoms. The Hall–Kier alpha value is -3.95. The highest BCUT2D eigenvalue weighted by molar-refractivity contribution is 6.03. The predicted molar refractivity (Wildman–Crippen MR) is 119 cm³/mol. The Morgan fingerprint density at radius 3 is 2.40 bits per heavy atom. The lowest BCUT2D eigenvalue weighted by molar-refractivity contribution is -0.137. The zero-order chi connectivity index (χ0) is 25.4. The number of pyridine rings is 1. The number of aromatic carboxylic acids is 1. The number of aromatic nitrogens is 1. The number of nitrogens with one attached hydrogen (secondary N) is 1. The molecule has 6 nitrogen and oxygen atoms in total. The third-order valence-corrected chi connectivity index (χ3v) is 5.84. The van der Waals surface area contributed by atoms with Crippen LogP contribution in [-0.4, -0.2) is 28.6 Å². The first-order valence-corrected chi connectivity index (χ1v) is 10.7. The van der Waals surface area contributed by atoms with Gasteiger partial charge in [-0.05, 0) is 55.7 Å². The summed E-state index contributed by atoms with van der Waals surface area (Å²) in [6, 6.07) is 9.64. The van der Waals surface area contributed by atoms with Gasteiger partial charge in [0.05, 0.1) is 23.1 Å². The smallest absolute Gasteiger partial charge is 0.416 e. The first kappa shape index (κ1) is 24.2. The van der Waals surface area contributed by atoms with Gasteiger partial charge in [-0.25, -0.2) is 14.2 Å². The fraction of sp³-hybridized carbons (Fsp3) is 0.240. The van der Waals surface area contributed by atoms with Gasteiger partial charge in [0.25, 0.3) is 0 Å². The third kappa shape index (κ3) is 4.82. The number of carbonyl (C=O) groups excluding carboxylic acids is 1. The van der Waals surface area contributed by atoms with E-state index in [-0.39, 0.29) is 29.7 Å². The van der Waals surface area contributed by atoms with E-state index in [4.69, 9.17) is 4.74 Å². The Morgan fingerprint density at radius 2 is 1.86 bits per heavy atom. The predicted octanol–water partition coefficient (Wildman–Crippen LogP) is 5.67. The molecule has 1 fully saturated rings. The van der Waals surface area contributed by atoms with E-state index in [9.17, 15) is 32.3 Å². The third-order valence-electron chi connectivity index (χ3n) is 5.84. The first-order chi connectivity index (χ1) is 16.5. The van der Waals surface area contributed by atoms with Crippen molar-refractivity contribution in [3.8, 4) is 17.0 Å². The molecule has 3 aromatic rings. The number of nitrogens with zero attached hydrogens (tertiary/aromatic N) is 1. The standard InChI is InChI=1S/C25H20F4N2O4/c1-2-35-21-8-3-14(13-30-21)17-6-5-16(12-18(17)22(32)33)31-23(34)24(9-10-24)19-7-4-15(11-20(19)26)25(27,28)29/h3-8,11-13H,2,9-10H2,1H3,(H,31,34)(H,32,33). The molecule has 1 aliphatic rings. The molecule has 0 aliphatic heterocycles. The minimum Gasteiger partial charge on any atom is -0.478 e. The monoisotopic (exact) mass is 488 g/mol. The van der Waals surface area contributed by atoms with Crippen molar-refractivity contribution < 1.29 is 37.0 Å². The average Bonchev–Trinajstić information content (AvgIpc) is 3.61. The van der Waals surface area contributed by atoms with Gasteiger partial charge in [-0.3, -0.25) is 4.79 Å². The molecule has 0 spiro atoms. The van der Waals surface area contributed by atoms with Crippen molar-refractivity contribution in [1.82, 2.24) is 4.98 Å². The molecule has 0 unspecified atom stereocenters. The molecule has 182 valence electrons. The second-order valence-electron chi connectivity index (χ2n) is 8.11. The van der Waals surface area contributed by atoms with E-state index < -0.39 is 34.8 Å². The van der Waals surface area contributed by atoms with E-state index in [1.165, 1.54) is 24.4 Å². The number of carboxylic acids is 1. The van der Waals surface area contributed by atoms with Crippen molar-refractivity contribution in [2.75, 3.05) is 11.9 Å². The van der Waals surface area contributed by atoms with Crippen LogP contribution in [0.2, 0.25) is 0 Å². The summed E-state index contributed by atoms with van der Waals surface area (Å²) in [5.74, 6) is -2.58. The lowest BCUT2D eigenvalue weighted by atomic mass is 9.93. The Morgan fingerprint density at radius 1 is 1.11 bits per heavy atom. The largest absolute Gasteiger partial charge is 0.478 e. The van der Waals surface area contributed by atoms with Crippen molar-refractivity contribution in [2.24, 2.45) is 0 Å². The maximum Gasteiger partial charge on any atom is 0.416 e. The molecule has 0 saturated heterocycles. The minimum absolute atomic E-state index is 0.0979. The average molecular weight is 488 g/mol. The first-order valence-electron chi connectivity index (χ1n) is 10.7. The Kier molecular flexibility index (Phi) is 6.23. The fourth-order valence-electron chi connectivity index (χ4n) is 3.90. The quantitative estimate of drug-likeness (QED) is 0.418. The number of amides is 1. The summed E-state index contributed by atoms with van der Waals surface area (Å²) >= 11 is 0. The van der Waals surface area contributed by atoms with E-state index in [1.807, 2.05) is 6.92 Å². The normalized spacial score (nSPS) is 14.3. The van der Waals surface area contributed by atoms with Crippen LogP contribution in [0.25, 0.3) is 11.1 Å². The number of hydrogen-bond donors (Lipinski definition) is 2. The number of rotatable bonds is 7. The van der Waals surface area contributed by atoms with Crippen LogP contribution < -0.4 is 10.1 Å². The number of benzene rings is 2. The van der Waals surface area contributed by atoms with Gasteiger partial charge in [-0.15, -0.1) is 0 Å². The van der Waals surface area contributed by atoms with Crippen molar-refractivity contribution in [3.05, 3.63) is 77.2 Å². The highest BCUT2D eigenvalue weighted by Gasteiger charge is 2.53. The maximum atomic E-state index is 14.5. The molecule has 1 heterocycles. The second kappa shape index (κ2) is 9.01. The molecule has 2 N–H and O–H groups in total. The summed E-state index contributed by atoms with van der Waals surface area (Å²) in [5, 5.41) is 12.3. The molecule has 0 bridgehead atoms. The van der Waals surface area contributed by atoms with Crippen molar-refractivity contribution in [3.63, 3.8) is 0 Å². The van der Waals surface area contributed by atoms with Gasteiger partial charge < -0.3 is 15.2 Å². The van der Waals surface area contributed by atoms with Crippen LogP contribution in [0.15, 0.2) is 54.7 Å². The number of carboxylic acid groups (broad SMARTS) is 1. The molecular weight excluding hydrogens is 468 g/mol. The molecule has 1 aromatic heterocycles. The van der Waals surface area contributed by atoms with Gasteiger partial charge in [0.2, 0.25) is 11.8 Å². The molecular formula is C25H20F4N2O4. The summed E-state index contributed by atoms with van der Waals surface area (Å²) in [4.78, 5) is 29.0. The summed E-state index contributed by atoms with van der Waals surface area (Å²) < 4.78 is 58.4. The van der Waals surface area contributed by atoms with Gasteiger partial charge in [-0.1, -0.05) is 12.1 Å². The van der Waals surface area contributed by atoms with Gasteiger partial charge >= 0.3 is 12.1 Å². The number of carbonyl (C=O) groups is 2. The Labute approximate surface area is 197 Å². The van der Waals surface area contributed by atoms with Gasteiger partial charge in [0.1, 0.15) is 5.82 Å². The molecule has 0 radical (unpaired) electrons. The number of anilines is 1. The Balaban J connectivity index is 1.59. The molecule has 1 aliphatic carbocycles. The van der Waals surface area contributed by atoms with Crippen LogP contribution in [0.1, 0.15) is 41.3 Å². The second-order valence-corrected chi connectivity index (χ2v) is 8.11. The minimum atomic E-state index is -4.70. The van der Waals surface area contributed by atoms with Gasteiger partial charge in [0.15, 0.2) is 0 Å². The van der Waals surface area contributed by atoms with Crippen LogP contribution in [0.3, 0.4) is 0 Å². The van der Waals surface area contributed by atoms with Crippen LogP contribution in [-0.2, 0) is 16.4 Å². The van der Waals surface area contributed by atoms with E-state index in [0.29, 0.717) is 29.7 Å². The SMILES string of the molecule is CCOc1ccc(-c2ccc(NC(=O)C3(c4ccc(C(F)(F)F)cc4F)CC3)cc2C(=O)O)cn1. The number of ether oxygens (including phenoxy) is 1. The van der Waals surface area contributed by atoms with Crippen LogP contribution in [0.5, 0.6) is 5.88 Å². The van der Waals surface area contributed by atoms with E-state index in [2.05, 4.69) is 10.3 Å². The number of halogens is 4. The maximum absolute atomic E-state index is 14.5. The highest BCUT2D eigenvalue weighted by atomic mass is 19.4. The summed E-state index contributed by atoms with van der Waals surface area (Å²) in [6.45, 7) is 2.24. The lowest BCUT2D eigenvalue weighted by Gasteiger charge is -2.18. The van der Waals surface area contributed by atoms with E-state index in [0.717, 1.165) is 12.1 Å². The zero-order valence-electron chi connectivity index (χ0n) is 18.4. The van der Waals surface area contributed by atoms with Crippen LogP contribution >= 0.6 is 0 Å². The summed E-state index contributed by atoms with van der Waals surface area (Å²) in [6.07, 6.45) is -2.73. The molecule has 4 rings (SSSR count). The molecule has 2 aromatic carbocycles. The highest BCUT2D eigenvalue weighted by Crippen LogP contribution is 2.50. The van der Waals surface area contributed by atoms with Crippen molar-refractivity contribution in [2.45, 2.75) is 31.4 Å². The Bertz CT molecular complexity index is 1290. The molecule has 35 heavy (non-hydrogen) atoms. The van der Waals surface area contributed by atoms with Crippen LogP contribution in [0, 0.1) is 5.82 Å².